The molecule has 114 valence electrons. The molecule has 0 spiro atoms. The largest absolute Gasteiger partial charge is 0.388 e. The molecule has 0 aromatic rings. The molecule has 0 aromatic heterocycles. The summed E-state index contributed by atoms with van der Waals surface area (Å²) < 4.78 is 33.9. The van der Waals surface area contributed by atoms with Gasteiger partial charge in [0, 0.05) is 6.66 Å². The smallest absolute Gasteiger partial charge is 0.328 e. The second-order valence-corrected chi connectivity index (χ2v) is 7.29. The third kappa shape index (κ3) is 5.90. The van der Waals surface area contributed by atoms with Gasteiger partial charge in [0.1, 0.15) is 18.3 Å². The summed E-state index contributed by atoms with van der Waals surface area (Å²) in [5.74, 6) is 0. The Hall–Kier alpha value is 0.0300. The van der Waals surface area contributed by atoms with Crippen LogP contribution in [-0.2, 0) is 23.1 Å². The van der Waals surface area contributed by atoms with Gasteiger partial charge in [-0.05, 0) is 27.7 Å². The molecule has 4 unspecified atom stereocenters. The summed E-state index contributed by atoms with van der Waals surface area (Å²) in [5, 5.41) is 9.94. The van der Waals surface area contributed by atoms with Crippen molar-refractivity contribution in [1.29, 1.82) is 0 Å². The summed E-state index contributed by atoms with van der Waals surface area (Å²) in [6, 6.07) is 0. The zero-order valence-corrected chi connectivity index (χ0v) is 13.1. The predicted molar refractivity (Wildman–Crippen MR) is 71.5 cm³/mol. The lowest BCUT2D eigenvalue weighted by Gasteiger charge is -2.37. The molecule has 6 nitrogen and oxygen atoms in total. The van der Waals surface area contributed by atoms with Crippen molar-refractivity contribution in [2.45, 2.75) is 58.2 Å². The maximum atomic E-state index is 12.2. The molecule has 0 amide bonds. The van der Waals surface area contributed by atoms with E-state index >= 15 is 0 Å². The number of rotatable bonds is 6. The number of aliphatic hydroxyl groups is 1. The van der Waals surface area contributed by atoms with Gasteiger partial charge in [-0.3, -0.25) is 9.09 Å². The van der Waals surface area contributed by atoms with Crippen LogP contribution < -0.4 is 0 Å². The fourth-order valence-electron chi connectivity index (χ4n) is 1.98. The van der Waals surface area contributed by atoms with E-state index in [0.29, 0.717) is 6.61 Å². The molecule has 1 fully saturated rings. The summed E-state index contributed by atoms with van der Waals surface area (Å²) in [6.45, 7) is 9.18. The third-order valence-electron chi connectivity index (χ3n) is 2.48. The Bertz CT molecular complexity index is 319. The second kappa shape index (κ2) is 7.16. The maximum Gasteiger partial charge on any atom is 0.328 e. The lowest BCUT2D eigenvalue weighted by Crippen LogP contribution is -2.50. The highest BCUT2D eigenvalue weighted by atomic mass is 31.2. The van der Waals surface area contributed by atoms with E-state index in [4.69, 9.17) is 18.5 Å². The number of aliphatic hydroxyl groups excluding tert-OH is 1. The molecule has 1 aliphatic rings. The van der Waals surface area contributed by atoms with E-state index in [1.807, 2.05) is 13.8 Å². The van der Waals surface area contributed by atoms with E-state index in [2.05, 4.69) is 0 Å². The number of hydrogen-bond acceptors (Lipinski definition) is 6. The van der Waals surface area contributed by atoms with Crippen LogP contribution in [0, 0.1) is 0 Å². The van der Waals surface area contributed by atoms with E-state index in [9.17, 15) is 9.67 Å². The van der Waals surface area contributed by atoms with Gasteiger partial charge in [-0.25, -0.2) is 0 Å². The van der Waals surface area contributed by atoms with Gasteiger partial charge in [0.05, 0.1) is 25.4 Å². The average Bonchev–Trinajstić information content (AvgIpc) is 2.20. The van der Waals surface area contributed by atoms with Gasteiger partial charge in [-0.1, -0.05) is 0 Å². The third-order valence-corrected chi connectivity index (χ3v) is 3.91. The molecule has 19 heavy (non-hydrogen) atoms. The van der Waals surface area contributed by atoms with Crippen LogP contribution in [0.2, 0.25) is 0 Å². The predicted octanol–water partition coefficient (Wildman–Crippen LogP) is 1.80. The summed E-state index contributed by atoms with van der Waals surface area (Å²) in [6.07, 6.45) is -2.27. The fraction of sp³-hybridized carbons (Fsp3) is 1.00. The van der Waals surface area contributed by atoms with Gasteiger partial charge in [0.15, 0.2) is 0 Å². The SMILES string of the molecule is CC(C)OC1COCC(O)C1OP(C)(=O)OC(C)C. The molecule has 1 aliphatic heterocycles. The highest BCUT2D eigenvalue weighted by Crippen LogP contribution is 2.47. The first-order valence-corrected chi connectivity index (χ1v) is 8.56. The van der Waals surface area contributed by atoms with Crippen molar-refractivity contribution in [2.24, 2.45) is 0 Å². The Labute approximate surface area is 114 Å². The van der Waals surface area contributed by atoms with E-state index in [0.717, 1.165) is 0 Å². The Morgan fingerprint density at radius 1 is 1.21 bits per heavy atom. The lowest BCUT2D eigenvalue weighted by atomic mass is 10.1. The van der Waals surface area contributed by atoms with Crippen LogP contribution in [-0.4, -0.2) is 55.5 Å². The Kier molecular flexibility index (Phi) is 6.43. The molecule has 0 bridgehead atoms. The Balaban J connectivity index is 2.71. The van der Waals surface area contributed by atoms with Gasteiger partial charge in [0.25, 0.3) is 0 Å². The van der Waals surface area contributed by atoms with E-state index in [1.54, 1.807) is 13.8 Å². The molecule has 0 radical (unpaired) electrons. The zero-order chi connectivity index (χ0) is 14.6. The quantitative estimate of drug-likeness (QED) is 0.753. The molecule has 0 aliphatic carbocycles. The topological polar surface area (TPSA) is 74.2 Å². The van der Waals surface area contributed by atoms with Crippen molar-refractivity contribution in [1.82, 2.24) is 0 Å². The highest BCUT2D eigenvalue weighted by Gasteiger charge is 2.39. The van der Waals surface area contributed by atoms with Crippen LogP contribution in [0.25, 0.3) is 0 Å². The summed E-state index contributed by atoms with van der Waals surface area (Å²) in [7, 11) is -3.23. The summed E-state index contributed by atoms with van der Waals surface area (Å²) in [5.41, 5.74) is 0. The van der Waals surface area contributed by atoms with Crippen LogP contribution in [0.5, 0.6) is 0 Å². The van der Waals surface area contributed by atoms with Crippen LogP contribution in [0.15, 0.2) is 0 Å². The molecule has 1 heterocycles. The van der Waals surface area contributed by atoms with E-state index in [1.165, 1.54) is 6.66 Å². The first-order valence-electron chi connectivity index (χ1n) is 6.57. The van der Waals surface area contributed by atoms with Gasteiger partial charge in [-0.2, -0.15) is 0 Å². The van der Waals surface area contributed by atoms with E-state index < -0.39 is 25.9 Å². The second-order valence-electron chi connectivity index (χ2n) is 5.32. The van der Waals surface area contributed by atoms with Gasteiger partial charge >= 0.3 is 7.60 Å². The minimum atomic E-state index is -3.23. The van der Waals surface area contributed by atoms with Crippen molar-refractivity contribution in [3.05, 3.63) is 0 Å². The molecule has 4 atom stereocenters. The first-order chi connectivity index (χ1) is 8.71. The van der Waals surface area contributed by atoms with Crippen LogP contribution >= 0.6 is 7.60 Å². The maximum absolute atomic E-state index is 12.2. The minimum absolute atomic E-state index is 0.0349. The molecule has 1 N–H and O–H groups in total. The van der Waals surface area contributed by atoms with Crippen molar-refractivity contribution >= 4 is 7.60 Å². The normalized spacial score (nSPS) is 31.7. The molecule has 1 rings (SSSR count). The molecule has 7 heteroatoms. The monoisotopic (exact) mass is 296 g/mol. The minimum Gasteiger partial charge on any atom is -0.388 e. The highest BCUT2D eigenvalue weighted by molar-refractivity contribution is 7.53. The molecular weight excluding hydrogens is 271 g/mol. The van der Waals surface area contributed by atoms with Crippen LogP contribution in [0.4, 0.5) is 0 Å². The molecule has 0 saturated carbocycles. The van der Waals surface area contributed by atoms with Crippen molar-refractivity contribution in [2.75, 3.05) is 19.9 Å². The Morgan fingerprint density at radius 2 is 1.84 bits per heavy atom. The molecule has 0 aromatic carbocycles. The standard InChI is InChI=1S/C12H25O6P/c1-8(2)16-11-7-15-6-10(13)12(11)18-19(5,14)17-9(3)4/h8-13H,6-7H2,1-5H3. The van der Waals surface area contributed by atoms with Crippen LogP contribution in [0.1, 0.15) is 27.7 Å². The van der Waals surface area contributed by atoms with E-state index in [-0.39, 0.29) is 18.8 Å². The summed E-state index contributed by atoms with van der Waals surface area (Å²) in [4.78, 5) is 0. The van der Waals surface area contributed by atoms with Crippen molar-refractivity contribution in [3.8, 4) is 0 Å². The number of ether oxygens (including phenoxy) is 2. The molecule has 1 saturated heterocycles. The first kappa shape index (κ1) is 17.1. The van der Waals surface area contributed by atoms with Crippen LogP contribution in [0.3, 0.4) is 0 Å². The van der Waals surface area contributed by atoms with Gasteiger partial charge < -0.3 is 19.1 Å². The summed E-state index contributed by atoms with van der Waals surface area (Å²) >= 11 is 0. The molecular formula is C12H25O6P. The average molecular weight is 296 g/mol. The lowest BCUT2D eigenvalue weighted by molar-refractivity contribution is -0.174. The number of hydrogen-bond donors (Lipinski definition) is 1. The van der Waals surface area contributed by atoms with Gasteiger partial charge in [-0.15, -0.1) is 0 Å². The zero-order valence-electron chi connectivity index (χ0n) is 12.2. The Morgan fingerprint density at radius 3 is 2.37 bits per heavy atom. The van der Waals surface area contributed by atoms with Crippen molar-refractivity contribution < 1.29 is 28.2 Å². The fourth-order valence-corrected chi connectivity index (χ4v) is 3.51. The van der Waals surface area contributed by atoms with Gasteiger partial charge in [0.2, 0.25) is 0 Å². The van der Waals surface area contributed by atoms with Crippen molar-refractivity contribution in [3.63, 3.8) is 0 Å².